The van der Waals surface area contributed by atoms with Crippen LogP contribution in [0.3, 0.4) is 0 Å². The van der Waals surface area contributed by atoms with Crippen LogP contribution < -0.4 is 0 Å². The highest BCUT2D eigenvalue weighted by molar-refractivity contribution is 5.31. The zero-order valence-corrected chi connectivity index (χ0v) is 18.2. The van der Waals surface area contributed by atoms with E-state index >= 15 is 0 Å². The molecule has 0 spiro atoms. The van der Waals surface area contributed by atoms with E-state index in [1.807, 2.05) is 12.1 Å². The molecule has 2 heterocycles. The Morgan fingerprint density at radius 1 is 0.828 bits per heavy atom. The fraction of sp³-hybridized carbons (Fsp3) is 0.731. The third kappa shape index (κ3) is 6.30. The van der Waals surface area contributed by atoms with Gasteiger partial charge in [-0.15, -0.1) is 0 Å². The lowest BCUT2D eigenvalue weighted by molar-refractivity contribution is 0.154. The van der Waals surface area contributed by atoms with Gasteiger partial charge in [-0.2, -0.15) is 5.26 Å². The first-order chi connectivity index (χ1) is 14.3. The van der Waals surface area contributed by atoms with Gasteiger partial charge in [-0.1, -0.05) is 37.8 Å². The first kappa shape index (κ1) is 20.9. The molecule has 1 aromatic rings. The molecule has 3 nitrogen and oxygen atoms in total. The fourth-order valence-electron chi connectivity index (χ4n) is 5.58. The third-order valence-electron chi connectivity index (χ3n) is 7.83. The van der Waals surface area contributed by atoms with Gasteiger partial charge in [0.2, 0.25) is 0 Å². The highest BCUT2D eigenvalue weighted by Gasteiger charge is 2.27. The van der Waals surface area contributed by atoms with Crippen molar-refractivity contribution in [1.29, 1.82) is 5.26 Å². The number of likely N-dealkylation sites (tertiary alicyclic amines) is 2. The summed E-state index contributed by atoms with van der Waals surface area (Å²) in [6, 6.07) is 10.3. The maximum atomic E-state index is 8.90. The monoisotopic (exact) mass is 393 g/mol. The number of piperidine rings is 1. The number of hydrogen-bond donors (Lipinski definition) is 0. The minimum absolute atomic E-state index is 0.768. The molecule has 158 valence electrons. The maximum absolute atomic E-state index is 8.90. The van der Waals surface area contributed by atoms with Crippen LogP contribution in [0.15, 0.2) is 24.3 Å². The van der Waals surface area contributed by atoms with Crippen molar-refractivity contribution in [3.8, 4) is 6.07 Å². The topological polar surface area (TPSA) is 30.3 Å². The van der Waals surface area contributed by atoms with E-state index in [1.165, 1.54) is 103 Å². The molecule has 0 aromatic heterocycles. The summed E-state index contributed by atoms with van der Waals surface area (Å²) in [5, 5.41) is 8.90. The van der Waals surface area contributed by atoms with Crippen LogP contribution in [0.1, 0.15) is 68.9 Å². The predicted octanol–water partition coefficient (Wildman–Crippen LogP) is 5.11. The molecule has 3 fully saturated rings. The molecule has 1 aliphatic carbocycles. The van der Waals surface area contributed by atoms with Crippen LogP contribution in [0.4, 0.5) is 0 Å². The Labute approximate surface area is 178 Å². The summed E-state index contributed by atoms with van der Waals surface area (Å²) in [6.45, 7) is 8.06. The largest absolute Gasteiger partial charge is 0.303 e. The molecule has 1 unspecified atom stereocenters. The van der Waals surface area contributed by atoms with Crippen molar-refractivity contribution < 1.29 is 0 Å². The molecular weight excluding hydrogens is 354 g/mol. The number of benzene rings is 1. The summed E-state index contributed by atoms with van der Waals surface area (Å²) >= 11 is 0. The Hall–Kier alpha value is -1.37. The Balaban J connectivity index is 1.07. The Kier molecular flexibility index (Phi) is 7.63. The molecule has 2 aliphatic heterocycles. The van der Waals surface area contributed by atoms with Gasteiger partial charge < -0.3 is 9.80 Å². The van der Waals surface area contributed by atoms with Crippen molar-refractivity contribution in [2.45, 2.75) is 64.2 Å². The molecule has 1 saturated carbocycles. The normalized spacial score (nSPS) is 24.4. The van der Waals surface area contributed by atoms with Crippen molar-refractivity contribution in [2.75, 3.05) is 39.3 Å². The Bertz CT molecular complexity index is 650. The van der Waals surface area contributed by atoms with Gasteiger partial charge in [0.15, 0.2) is 0 Å². The van der Waals surface area contributed by atoms with Gasteiger partial charge in [-0.25, -0.2) is 0 Å². The number of nitrogens with zero attached hydrogens (tertiary/aromatic N) is 3. The van der Waals surface area contributed by atoms with Crippen LogP contribution >= 0.6 is 0 Å². The standard InChI is InChI=1S/C26H39N3/c27-19-25-9-7-23(8-10-25)5-2-6-24-12-16-28(17-13-24)20-26-14-18-29(21-26)15-11-22-3-1-4-22/h7-10,22,24,26H,1-6,11-18,20-21H2. The average Bonchev–Trinajstić information content (AvgIpc) is 3.16. The van der Waals surface area contributed by atoms with E-state index < -0.39 is 0 Å². The summed E-state index contributed by atoms with van der Waals surface area (Å²) in [5.74, 6) is 2.90. The highest BCUT2D eigenvalue weighted by atomic mass is 15.2. The van der Waals surface area contributed by atoms with Gasteiger partial charge in [0.25, 0.3) is 0 Å². The molecule has 4 rings (SSSR count). The molecule has 3 heteroatoms. The Morgan fingerprint density at radius 2 is 1.52 bits per heavy atom. The molecule has 1 aromatic carbocycles. The molecular formula is C26H39N3. The van der Waals surface area contributed by atoms with E-state index in [0.29, 0.717) is 0 Å². The van der Waals surface area contributed by atoms with Gasteiger partial charge in [-0.3, -0.25) is 0 Å². The van der Waals surface area contributed by atoms with Crippen molar-refractivity contribution in [3.05, 3.63) is 35.4 Å². The van der Waals surface area contributed by atoms with Crippen molar-refractivity contribution in [2.24, 2.45) is 17.8 Å². The molecule has 0 N–H and O–H groups in total. The number of nitriles is 1. The van der Waals surface area contributed by atoms with Crippen molar-refractivity contribution >= 4 is 0 Å². The minimum Gasteiger partial charge on any atom is -0.303 e. The van der Waals surface area contributed by atoms with Gasteiger partial charge in [0.05, 0.1) is 11.6 Å². The SMILES string of the molecule is N#Cc1ccc(CCCC2CCN(CC3CCN(CCC4CCC4)C3)CC2)cc1. The smallest absolute Gasteiger partial charge is 0.0991 e. The van der Waals surface area contributed by atoms with E-state index in [0.717, 1.165) is 29.7 Å². The molecule has 0 amide bonds. The van der Waals surface area contributed by atoms with Gasteiger partial charge in [-0.05, 0) is 100 Å². The van der Waals surface area contributed by atoms with Crippen LogP contribution in [-0.4, -0.2) is 49.1 Å². The number of rotatable bonds is 9. The van der Waals surface area contributed by atoms with E-state index in [9.17, 15) is 0 Å². The summed E-state index contributed by atoms with van der Waals surface area (Å²) in [5.41, 5.74) is 2.15. The van der Waals surface area contributed by atoms with Crippen molar-refractivity contribution in [3.63, 3.8) is 0 Å². The van der Waals surface area contributed by atoms with E-state index in [1.54, 1.807) is 0 Å². The van der Waals surface area contributed by atoms with Gasteiger partial charge in [0.1, 0.15) is 0 Å². The summed E-state index contributed by atoms with van der Waals surface area (Å²) in [7, 11) is 0. The predicted molar refractivity (Wildman–Crippen MR) is 120 cm³/mol. The molecule has 29 heavy (non-hydrogen) atoms. The first-order valence-electron chi connectivity index (χ1n) is 12.2. The lowest BCUT2D eigenvalue weighted by Gasteiger charge is -2.33. The second-order valence-electron chi connectivity index (χ2n) is 9.99. The van der Waals surface area contributed by atoms with Crippen LogP contribution in [-0.2, 0) is 6.42 Å². The van der Waals surface area contributed by atoms with Gasteiger partial charge in [0, 0.05) is 13.1 Å². The number of hydrogen-bond acceptors (Lipinski definition) is 3. The van der Waals surface area contributed by atoms with E-state index in [-0.39, 0.29) is 0 Å². The zero-order valence-electron chi connectivity index (χ0n) is 18.2. The minimum atomic E-state index is 0.768. The summed E-state index contributed by atoms with van der Waals surface area (Å²) < 4.78 is 0. The first-order valence-corrected chi connectivity index (χ1v) is 12.2. The van der Waals surface area contributed by atoms with E-state index in [4.69, 9.17) is 5.26 Å². The molecule has 3 aliphatic rings. The molecule has 0 radical (unpaired) electrons. The van der Waals surface area contributed by atoms with Crippen LogP contribution in [0, 0.1) is 29.1 Å². The second kappa shape index (κ2) is 10.6. The van der Waals surface area contributed by atoms with E-state index in [2.05, 4.69) is 28.0 Å². The van der Waals surface area contributed by atoms with Crippen molar-refractivity contribution in [1.82, 2.24) is 9.80 Å². The average molecular weight is 394 g/mol. The second-order valence-corrected chi connectivity index (χ2v) is 9.99. The maximum Gasteiger partial charge on any atom is 0.0991 e. The fourth-order valence-corrected chi connectivity index (χ4v) is 5.58. The quantitative estimate of drug-likeness (QED) is 0.584. The van der Waals surface area contributed by atoms with Crippen LogP contribution in [0.5, 0.6) is 0 Å². The summed E-state index contributed by atoms with van der Waals surface area (Å²) in [4.78, 5) is 5.51. The van der Waals surface area contributed by atoms with Crippen LogP contribution in [0.25, 0.3) is 0 Å². The summed E-state index contributed by atoms with van der Waals surface area (Å²) in [6.07, 6.45) is 14.0. The van der Waals surface area contributed by atoms with Crippen LogP contribution in [0.2, 0.25) is 0 Å². The molecule has 0 bridgehead atoms. The third-order valence-corrected chi connectivity index (χ3v) is 7.83. The lowest BCUT2D eigenvalue weighted by Crippen LogP contribution is -2.38. The Morgan fingerprint density at radius 3 is 2.21 bits per heavy atom. The van der Waals surface area contributed by atoms with Gasteiger partial charge >= 0.3 is 0 Å². The number of aryl methyl sites for hydroxylation is 1. The zero-order chi connectivity index (χ0) is 19.9. The molecule has 1 atom stereocenters. The highest BCUT2D eigenvalue weighted by Crippen LogP contribution is 2.30. The molecule has 2 saturated heterocycles. The lowest BCUT2D eigenvalue weighted by atomic mass is 9.83.